The highest BCUT2D eigenvalue weighted by Gasteiger charge is 2.06. The van der Waals surface area contributed by atoms with Crippen LogP contribution < -0.4 is 5.32 Å². The van der Waals surface area contributed by atoms with Crippen LogP contribution in [0, 0.1) is 13.8 Å². The highest BCUT2D eigenvalue weighted by atomic mass is 16.1. The normalized spacial score (nSPS) is 11.0. The zero-order valence-electron chi connectivity index (χ0n) is 12.9. The molecule has 1 heterocycles. The van der Waals surface area contributed by atoms with E-state index in [-0.39, 0.29) is 5.91 Å². The van der Waals surface area contributed by atoms with Crippen molar-refractivity contribution in [2.75, 3.05) is 5.32 Å². The SMILES string of the molecule is CCCn1c(C)cc(/C=C/C(=O)Nc2ccccc2)c1C. The Bertz CT molecular complexity index is 639. The van der Waals surface area contributed by atoms with Gasteiger partial charge in [0.2, 0.25) is 5.91 Å². The summed E-state index contributed by atoms with van der Waals surface area (Å²) >= 11 is 0. The van der Waals surface area contributed by atoms with Gasteiger partial charge in [0.15, 0.2) is 0 Å². The third-order valence-corrected chi connectivity index (χ3v) is 3.52. The first-order valence-electron chi connectivity index (χ1n) is 7.32. The number of hydrogen-bond acceptors (Lipinski definition) is 1. The van der Waals surface area contributed by atoms with E-state index in [1.54, 1.807) is 6.08 Å². The summed E-state index contributed by atoms with van der Waals surface area (Å²) in [7, 11) is 0. The Morgan fingerprint density at radius 3 is 2.62 bits per heavy atom. The predicted molar refractivity (Wildman–Crippen MR) is 88.3 cm³/mol. The molecule has 0 aliphatic heterocycles. The first-order valence-corrected chi connectivity index (χ1v) is 7.32. The first kappa shape index (κ1) is 15.1. The lowest BCUT2D eigenvalue weighted by Crippen LogP contribution is -2.07. The third-order valence-electron chi connectivity index (χ3n) is 3.52. The van der Waals surface area contributed by atoms with Crippen LogP contribution in [-0.2, 0) is 11.3 Å². The van der Waals surface area contributed by atoms with Crippen LogP contribution in [0.2, 0.25) is 0 Å². The molecule has 0 spiro atoms. The maximum Gasteiger partial charge on any atom is 0.248 e. The Morgan fingerprint density at radius 1 is 1.24 bits per heavy atom. The van der Waals surface area contributed by atoms with Crippen LogP contribution in [0.25, 0.3) is 6.08 Å². The van der Waals surface area contributed by atoms with E-state index in [2.05, 4.69) is 36.7 Å². The maximum absolute atomic E-state index is 11.9. The topological polar surface area (TPSA) is 34.0 Å². The van der Waals surface area contributed by atoms with E-state index in [0.717, 1.165) is 24.2 Å². The van der Waals surface area contributed by atoms with E-state index in [0.29, 0.717) is 0 Å². The van der Waals surface area contributed by atoms with E-state index in [4.69, 9.17) is 0 Å². The number of aromatic nitrogens is 1. The summed E-state index contributed by atoms with van der Waals surface area (Å²) in [5.41, 5.74) is 4.35. The fraction of sp³-hybridized carbons (Fsp3) is 0.278. The smallest absolute Gasteiger partial charge is 0.248 e. The zero-order chi connectivity index (χ0) is 15.2. The molecule has 0 bridgehead atoms. The molecule has 0 aliphatic carbocycles. The molecule has 0 atom stereocenters. The Labute approximate surface area is 126 Å². The van der Waals surface area contributed by atoms with Crippen molar-refractivity contribution in [1.82, 2.24) is 4.57 Å². The molecule has 110 valence electrons. The minimum atomic E-state index is -0.110. The van der Waals surface area contributed by atoms with Gasteiger partial charge in [-0.15, -0.1) is 0 Å². The van der Waals surface area contributed by atoms with Crippen molar-refractivity contribution in [3.05, 3.63) is 59.4 Å². The summed E-state index contributed by atoms with van der Waals surface area (Å²) in [6.07, 6.45) is 4.58. The van der Waals surface area contributed by atoms with Gasteiger partial charge in [0.25, 0.3) is 0 Å². The molecule has 0 aliphatic rings. The van der Waals surface area contributed by atoms with E-state index < -0.39 is 0 Å². The van der Waals surface area contributed by atoms with E-state index in [1.165, 1.54) is 11.4 Å². The number of hydrogen-bond donors (Lipinski definition) is 1. The van der Waals surface area contributed by atoms with Gasteiger partial charge in [-0.05, 0) is 50.1 Å². The molecular formula is C18H22N2O. The molecule has 2 aromatic rings. The fourth-order valence-electron chi connectivity index (χ4n) is 2.44. The lowest BCUT2D eigenvalue weighted by atomic mass is 10.2. The monoisotopic (exact) mass is 282 g/mol. The number of rotatable bonds is 5. The second kappa shape index (κ2) is 6.93. The van der Waals surface area contributed by atoms with Crippen molar-refractivity contribution >= 4 is 17.7 Å². The Balaban J connectivity index is 2.07. The predicted octanol–water partition coefficient (Wildman–Crippen LogP) is 4.17. The van der Waals surface area contributed by atoms with Crippen LogP contribution >= 0.6 is 0 Å². The first-order chi connectivity index (χ1) is 10.1. The fourth-order valence-corrected chi connectivity index (χ4v) is 2.44. The standard InChI is InChI=1S/C18H22N2O/c1-4-12-20-14(2)13-16(15(20)3)10-11-18(21)19-17-8-6-5-7-9-17/h5-11,13H,4,12H2,1-3H3,(H,19,21)/b11-10+. The Kier molecular flexibility index (Phi) is 4.99. The summed E-state index contributed by atoms with van der Waals surface area (Å²) < 4.78 is 2.29. The number of nitrogens with one attached hydrogen (secondary N) is 1. The van der Waals surface area contributed by atoms with Crippen molar-refractivity contribution in [3.8, 4) is 0 Å². The second-order valence-electron chi connectivity index (χ2n) is 5.17. The van der Waals surface area contributed by atoms with Gasteiger partial charge in [0.05, 0.1) is 0 Å². The number of amides is 1. The van der Waals surface area contributed by atoms with Gasteiger partial charge in [-0.3, -0.25) is 4.79 Å². The highest BCUT2D eigenvalue weighted by molar-refractivity contribution is 6.01. The van der Waals surface area contributed by atoms with Crippen LogP contribution in [0.4, 0.5) is 5.69 Å². The van der Waals surface area contributed by atoms with Gasteiger partial charge in [-0.2, -0.15) is 0 Å². The number of anilines is 1. The average Bonchev–Trinajstić information content (AvgIpc) is 2.74. The van der Waals surface area contributed by atoms with Gasteiger partial charge < -0.3 is 9.88 Å². The van der Waals surface area contributed by atoms with Crippen LogP contribution in [0.15, 0.2) is 42.5 Å². The molecule has 0 fully saturated rings. The molecule has 1 amide bonds. The van der Waals surface area contributed by atoms with Gasteiger partial charge in [0, 0.05) is 29.7 Å². The number of benzene rings is 1. The summed E-state index contributed by atoms with van der Waals surface area (Å²) in [6, 6.07) is 11.6. The second-order valence-corrected chi connectivity index (χ2v) is 5.17. The molecule has 3 heteroatoms. The quantitative estimate of drug-likeness (QED) is 0.821. The van der Waals surface area contributed by atoms with Crippen molar-refractivity contribution < 1.29 is 4.79 Å². The Hall–Kier alpha value is -2.29. The van der Waals surface area contributed by atoms with E-state index >= 15 is 0 Å². The minimum absolute atomic E-state index is 0.110. The third kappa shape index (κ3) is 3.85. The lowest BCUT2D eigenvalue weighted by Gasteiger charge is -2.06. The van der Waals surface area contributed by atoms with Crippen molar-refractivity contribution in [3.63, 3.8) is 0 Å². The largest absolute Gasteiger partial charge is 0.349 e. The number of para-hydroxylation sites is 1. The van der Waals surface area contributed by atoms with Gasteiger partial charge in [-0.25, -0.2) is 0 Å². The highest BCUT2D eigenvalue weighted by Crippen LogP contribution is 2.17. The molecule has 0 saturated carbocycles. The molecule has 1 N–H and O–H groups in total. The van der Waals surface area contributed by atoms with E-state index in [9.17, 15) is 4.79 Å². The molecule has 0 radical (unpaired) electrons. The van der Waals surface area contributed by atoms with Gasteiger partial charge >= 0.3 is 0 Å². The van der Waals surface area contributed by atoms with Crippen molar-refractivity contribution in [2.45, 2.75) is 33.7 Å². The number of aryl methyl sites for hydroxylation is 1. The summed E-state index contributed by atoms with van der Waals surface area (Å²) in [6.45, 7) is 7.38. The minimum Gasteiger partial charge on any atom is -0.349 e. The Morgan fingerprint density at radius 2 is 1.95 bits per heavy atom. The molecule has 2 rings (SSSR count). The van der Waals surface area contributed by atoms with Crippen LogP contribution in [0.3, 0.4) is 0 Å². The summed E-state index contributed by atoms with van der Waals surface area (Å²) in [5.74, 6) is -0.110. The average molecular weight is 282 g/mol. The zero-order valence-corrected chi connectivity index (χ0v) is 12.9. The molecule has 0 unspecified atom stereocenters. The van der Waals surface area contributed by atoms with Crippen LogP contribution in [-0.4, -0.2) is 10.5 Å². The molecular weight excluding hydrogens is 260 g/mol. The lowest BCUT2D eigenvalue weighted by molar-refractivity contribution is -0.111. The molecule has 21 heavy (non-hydrogen) atoms. The molecule has 1 aromatic heterocycles. The van der Waals surface area contributed by atoms with Gasteiger partial charge in [0.1, 0.15) is 0 Å². The number of carbonyl (C=O) groups is 1. The van der Waals surface area contributed by atoms with Crippen LogP contribution in [0.5, 0.6) is 0 Å². The van der Waals surface area contributed by atoms with Crippen LogP contribution in [0.1, 0.15) is 30.3 Å². The van der Waals surface area contributed by atoms with Crippen molar-refractivity contribution in [2.24, 2.45) is 0 Å². The molecule has 0 saturated heterocycles. The molecule has 1 aromatic carbocycles. The maximum atomic E-state index is 11.9. The summed E-state index contributed by atoms with van der Waals surface area (Å²) in [4.78, 5) is 11.9. The van der Waals surface area contributed by atoms with Gasteiger partial charge in [-0.1, -0.05) is 25.1 Å². The molecule has 3 nitrogen and oxygen atoms in total. The number of carbonyl (C=O) groups excluding carboxylic acids is 1. The van der Waals surface area contributed by atoms with Crippen molar-refractivity contribution in [1.29, 1.82) is 0 Å². The van der Waals surface area contributed by atoms with E-state index in [1.807, 2.05) is 36.4 Å². The number of nitrogens with zero attached hydrogens (tertiary/aromatic N) is 1. The summed E-state index contributed by atoms with van der Waals surface area (Å²) in [5, 5.41) is 2.85.